The largest absolute Gasteiger partial charge is 0.350 e. The molecule has 0 spiro atoms. The van der Waals surface area contributed by atoms with E-state index in [4.69, 9.17) is 12.2 Å². The molecular formula is C11H11FN2OS. The van der Waals surface area contributed by atoms with Crippen molar-refractivity contribution in [2.24, 2.45) is 0 Å². The zero-order valence-corrected chi connectivity index (χ0v) is 9.55. The van der Waals surface area contributed by atoms with E-state index in [9.17, 15) is 9.18 Å². The maximum atomic E-state index is 12.8. The fraction of sp³-hybridized carbons (Fsp3) is 0.273. The molecule has 1 fully saturated rings. The van der Waals surface area contributed by atoms with Crippen LogP contribution in [0.15, 0.2) is 24.3 Å². The molecule has 1 aliphatic heterocycles. The van der Waals surface area contributed by atoms with E-state index in [0.717, 1.165) is 0 Å². The number of nitrogens with one attached hydrogen (secondary N) is 1. The van der Waals surface area contributed by atoms with Crippen LogP contribution in [0.3, 0.4) is 0 Å². The smallest absolute Gasteiger partial charge is 0.255 e. The molecule has 3 nitrogen and oxygen atoms in total. The number of anilines is 1. The Morgan fingerprint density at radius 3 is 2.56 bits per heavy atom. The summed E-state index contributed by atoms with van der Waals surface area (Å²) in [6.07, 6.45) is 0.677. The van der Waals surface area contributed by atoms with Gasteiger partial charge in [0.2, 0.25) is 0 Å². The molecular weight excluding hydrogens is 227 g/mol. The number of halogens is 1. The summed E-state index contributed by atoms with van der Waals surface area (Å²) in [6, 6.07) is 5.44. The highest BCUT2D eigenvalue weighted by atomic mass is 32.1. The van der Waals surface area contributed by atoms with E-state index in [1.165, 1.54) is 17.0 Å². The van der Waals surface area contributed by atoms with Crippen LogP contribution in [-0.4, -0.2) is 17.1 Å². The third kappa shape index (κ3) is 1.78. The molecule has 0 aliphatic carbocycles. The lowest BCUT2D eigenvalue weighted by molar-refractivity contribution is -0.118. The van der Waals surface area contributed by atoms with Crippen molar-refractivity contribution in [3.8, 4) is 0 Å². The average molecular weight is 238 g/mol. The first-order chi connectivity index (χ1) is 7.63. The second-order valence-electron chi connectivity index (χ2n) is 3.56. The predicted octanol–water partition coefficient (Wildman–Crippen LogP) is 1.83. The van der Waals surface area contributed by atoms with Gasteiger partial charge in [0.25, 0.3) is 5.91 Å². The molecule has 84 valence electrons. The van der Waals surface area contributed by atoms with Crippen LogP contribution in [-0.2, 0) is 4.79 Å². The third-order valence-electron chi connectivity index (χ3n) is 2.51. The lowest BCUT2D eigenvalue weighted by atomic mass is 10.2. The average Bonchev–Trinajstić information content (AvgIpc) is 2.56. The molecule has 1 unspecified atom stereocenters. The minimum absolute atomic E-state index is 0.0842. The molecule has 1 heterocycles. The fourth-order valence-corrected chi connectivity index (χ4v) is 1.98. The lowest BCUT2D eigenvalue weighted by Crippen LogP contribution is -2.30. The van der Waals surface area contributed by atoms with E-state index >= 15 is 0 Å². The Bertz CT molecular complexity index is 432. The highest BCUT2D eigenvalue weighted by Gasteiger charge is 2.34. The molecule has 16 heavy (non-hydrogen) atoms. The SMILES string of the molecule is CCC1NC(=S)N(c2ccc(F)cc2)C1=O. The molecule has 1 aliphatic rings. The molecule has 5 heteroatoms. The van der Waals surface area contributed by atoms with Crippen LogP contribution in [0.2, 0.25) is 0 Å². The monoisotopic (exact) mass is 238 g/mol. The summed E-state index contributed by atoms with van der Waals surface area (Å²) in [4.78, 5) is 13.3. The number of hydrogen-bond acceptors (Lipinski definition) is 2. The Labute approximate surface area is 98.2 Å². The minimum atomic E-state index is -0.332. The zero-order chi connectivity index (χ0) is 11.7. The van der Waals surface area contributed by atoms with E-state index in [1.807, 2.05) is 6.92 Å². The van der Waals surface area contributed by atoms with Crippen molar-refractivity contribution < 1.29 is 9.18 Å². The summed E-state index contributed by atoms with van der Waals surface area (Å²) in [6.45, 7) is 1.91. The van der Waals surface area contributed by atoms with E-state index in [1.54, 1.807) is 12.1 Å². The van der Waals surface area contributed by atoms with Crippen LogP contribution in [0.4, 0.5) is 10.1 Å². The minimum Gasteiger partial charge on any atom is -0.350 e. The molecule has 1 aromatic carbocycles. The van der Waals surface area contributed by atoms with Crippen molar-refractivity contribution in [3.63, 3.8) is 0 Å². The van der Waals surface area contributed by atoms with E-state index in [0.29, 0.717) is 17.2 Å². The first kappa shape index (κ1) is 11.0. The van der Waals surface area contributed by atoms with Crippen molar-refractivity contribution in [1.29, 1.82) is 0 Å². The first-order valence-corrected chi connectivity index (χ1v) is 5.44. The summed E-state index contributed by atoms with van der Waals surface area (Å²) in [7, 11) is 0. The fourth-order valence-electron chi connectivity index (χ4n) is 1.64. The Morgan fingerprint density at radius 2 is 2.06 bits per heavy atom. The highest BCUT2D eigenvalue weighted by molar-refractivity contribution is 7.80. The van der Waals surface area contributed by atoms with Gasteiger partial charge in [0.05, 0.1) is 5.69 Å². The van der Waals surface area contributed by atoms with Crippen LogP contribution in [0.1, 0.15) is 13.3 Å². The zero-order valence-electron chi connectivity index (χ0n) is 8.74. The van der Waals surface area contributed by atoms with Crippen molar-refractivity contribution in [2.45, 2.75) is 19.4 Å². The van der Waals surface area contributed by atoms with Gasteiger partial charge < -0.3 is 5.32 Å². The number of carbonyl (C=O) groups excluding carboxylic acids is 1. The summed E-state index contributed by atoms with van der Waals surface area (Å²) >= 11 is 5.08. The molecule has 1 atom stereocenters. The van der Waals surface area contributed by atoms with Crippen molar-refractivity contribution >= 4 is 28.9 Å². The van der Waals surface area contributed by atoms with Crippen LogP contribution in [0.5, 0.6) is 0 Å². The van der Waals surface area contributed by atoms with E-state index in [-0.39, 0.29) is 17.8 Å². The second kappa shape index (κ2) is 4.17. The van der Waals surface area contributed by atoms with Gasteiger partial charge in [-0.05, 0) is 42.9 Å². The molecule has 0 bridgehead atoms. The summed E-state index contributed by atoms with van der Waals surface area (Å²) in [5.41, 5.74) is 0.597. The van der Waals surface area contributed by atoms with E-state index < -0.39 is 0 Å². The quantitative estimate of drug-likeness (QED) is 0.798. The number of amides is 1. The van der Waals surface area contributed by atoms with Crippen molar-refractivity contribution in [3.05, 3.63) is 30.1 Å². The van der Waals surface area contributed by atoms with Crippen molar-refractivity contribution in [2.75, 3.05) is 4.90 Å². The second-order valence-corrected chi connectivity index (χ2v) is 3.95. The molecule has 1 aromatic rings. The maximum Gasteiger partial charge on any atom is 0.255 e. The standard InChI is InChI=1S/C11H11FN2OS/c1-2-9-10(15)14(11(16)13-9)8-5-3-7(12)4-6-8/h3-6,9H,2H2,1H3,(H,13,16). The van der Waals surface area contributed by atoms with Crippen LogP contribution >= 0.6 is 12.2 Å². The van der Waals surface area contributed by atoms with Gasteiger partial charge in [0.1, 0.15) is 11.9 Å². The Hall–Kier alpha value is -1.49. The molecule has 1 amide bonds. The molecule has 0 radical (unpaired) electrons. The van der Waals surface area contributed by atoms with Crippen LogP contribution in [0.25, 0.3) is 0 Å². The molecule has 2 rings (SSSR count). The van der Waals surface area contributed by atoms with Gasteiger partial charge in [-0.15, -0.1) is 0 Å². The number of thiocarbonyl (C=S) groups is 1. The number of carbonyl (C=O) groups is 1. The summed E-state index contributed by atoms with van der Waals surface area (Å²) in [5, 5.41) is 3.31. The number of nitrogens with zero attached hydrogens (tertiary/aromatic N) is 1. The normalized spacial score (nSPS) is 20.1. The topological polar surface area (TPSA) is 32.3 Å². The number of rotatable bonds is 2. The number of benzene rings is 1. The molecule has 0 aromatic heterocycles. The highest BCUT2D eigenvalue weighted by Crippen LogP contribution is 2.20. The van der Waals surface area contributed by atoms with Gasteiger partial charge in [-0.2, -0.15) is 0 Å². The summed E-state index contributed by atoms with van der Waals surface area (Å²) in [5.74, 6) is -0.416. The van der Waals surface area contributed by atoms with Gasteiger partial charge in [-0.25, -0.2) is 4.39 Å². The molecule has 0 saturated carbocycles. The van der Waals surface area contributed by atoms with Gasteiger partial charge >= 0.3 is 0 Å². The van der Waals surface area contributed by atoms with Gasteiger partial charge in [-0.3, -0.25) is 9.69 Å². The Kier molecular flexibility index (Phi) is 2.87. The molecule has 1 N–H and O–H groups in total. The van der Waals surface area contributed by atoms with Gasteiger partial charge in [0, 0.05) is 0 Å². The van der Waals surface area contributed by atoms with E-state index in [2.05, 4.69) is 5.32 Å². The molecule has 1 saturated heterocycles. The van der Waals surface area contributed by atoms with Gasteiger partial charge in [0.15, 0.2) is 5.11 Å². The summed E-state index contributed by atoms with van der Waals surface area (Å²) < 4.78 is 12.8. The first-order valence-electron chi connectivity index (χ1n) is 5.03. The van der Waals surface area contributed by atoms with Gasteiger partial charge in [-0.1, -0.05) is 6.92 Å². The van der Waals surface area contributed by atoms with Crippen molar-refractivity contribution in [1.82, 2.24) is 5.32 Å². The predicted molar refractivity (Wildman–Crippen MR) is 63.7 cm³/mol. The Morgan fingerprint density at radius 1 is 1.44 bits per heavy atom. The maximum absolute atomic E-state index is 12.8. The lowest BCUT2D eigenvalue weighted by Gasteiger charge is -2.14. The van der Waals surface area contributed by atoms with Crippen LogP contribution in [0, 0.1) is 5.82 Å². The Balaban J connectivity index is 2.31. The van der Waals surface area contributed by atoms with Crippen LogP contribution < -0.4 is 10.2 Å². The number of hydrogen-bond donors (Lipinski definition) is 1. The third-order valence-corrected chi connectivity index (χ3v) is 2.81.